The molecule has 0 bridgehead atoms. The van der Waals surface area contributed by atoms with Crippen molar-refractivity contribution in [1.29, 1.82) is 0 Å². The van der Waals surface area contributed by atoms with Gasteiger partial charge in [0.05, 0.1) is 4.92 Å². The Morgan fingerprint density at radius 2 is 1.90 bits per heavy atom. The van der Waals surface area contributed by atoms with E-state index in [-0.39, 0.29) is 6.42 Å². The smallest absolute Gasteiger partial charge is 0.312 e. The minimum Gasteiger partial charge on any atom is -0.312 e. The van der Waals surface area contributed by atoms with Gasteiger partial charge in [0.2, 0.25) is 0 Å². The third kappa shape index (κ3) is 3.25. The van der Waals surface area contributed by atoms with Crippen LogP contribution in [0.3, 0.4) is 0 Å². The first kappa shape index (κ1) is 15.9. The molecule has 1 rings (SSSR count). The Bertz CT molecular complexity index is 541. The first-order valence-electron chi connectivity index (χ1n) is 5.89. The Balaban J connectivity index is 3.34. The summed E-state index contributed by atoms with van der Waals surface area (Å²) in [6, 6.07) is 2.61. The molecule has 1 aromatic rings. The highest BCUT2D eigenvalue weighted by molar-refractivity contribution is 5.97. The summed E-state index contributed by atoms with van der Waals surface area (Å²) in [7, 11) is 0. The maximum Gasteiger partial charge on any atom is 0.471 e. The molecule has 0 atom stereocenters. The molecule has 0 spiro atoms. The zero-order valence-electron chi connectivity index (χ0n) is 10.9. The van der Waals surface area contributed by atoms with Crippen LogP contribution in [0.25, 0.3) is 0 Å². The van der Waals surface area contributed by atoms with Crippen LogP contribution in [-0.4, -0.2) is 17.0 Å². The summed E-state index contributed by atoms with van der Waals surface area (Å²) >= 11 is 0. The molecular formula is C12H13F3N2O3. The monoisotopic (exact) mass is 290 g/mol. The molecule has 0 aromatic heterocycles. The summed E-state index contributed by atoms with van der Waals surface area (Å²) < 4.78 is 36.6. The number of rotatable bonds is 4. The highest BCUT2D eigenvalue weighted by Gasteiger charge is 2.40. The Hall–Kier alpha value is -2.12. The van der Waals surface area contributed by atoms with E-state index in [0.717, 1.165) is 6.07 Å². The Morgan fingerprint density at radius 3 is 2.30 bits per heavy atom. The van der Waals surface area contributed by atoms with Gasteiger partial charge >= 0.3 is 12.1 Å². The molecule has 0 radical (unpaired) electrons. The number of hydrogen-bond acceptors (Lipinski definition) is 3. The van der Waals surface area contributed by atoms with Crippen LogP contribution in [0, 0.1) is 10.1 Å². The van der Waals surface area contributed by atoms with E-state index in [0.29, 0.717) is 17.5 Å². The molecule has 20 heavy (non-hydrogen) atoms. The maximum absolute atomic E-state index is 12.2. The molecule has 0 unspecified atom stereocenters. The molecule has 0 saturated heterocycles. The predicted octanol–water partition coefficient (Wildman–Crippen LogP) is 3.22. The van der Waals surface area contributed by atoms with Crippen molar-refractivity contribution in [3.05, 3.63) is 33.4 Å². The van der Waals surface area contributed by atoms with Crippen molar-refractivity contribution in [3.8, 4) is 0 Å². The lowest BCUT2D eigenvalue weighted by Gasteiger charge is -2.12. The van der Waals surface area contributed by atoms with Gasteiger partial charge in [0.1, 0.15) is 5.69 Å². The van der Waals surface area contributed by atoms with Crippen molar-refractivity contribution in [2.75, 3.05) is 5.32 Å². The van der Waals surface area contributed by atoms with Crippen LogP contribution >= 0.6 is 0 Å². The fraction of sp³-hybridized carbons (Fsp3) is 0.417. The van der Waals surface area contributed by atoms with E-state index in [4.69, 9.17) is 0 Å². The fourth-order valence-electron chi connectivity index (χ4n) is 1.91. The molecular weight excluding hydrogens is 277 g/mol. The van der Waals surface area contributed by atoms with Crippen molar-refractivity contribution in [2.45, 2.75) is 32.9 Å². The van der Waals surface area contributed by atoms with E-state index >= 15 is 0 Å². The maximum atomic E-state index is 12.2. The zero-order valence-corrected chi connectivity index (χ0v) is 10.9. The van der Waals surface area contributed by atoms with Crippen LogP contribution in [0.15, 0.2) is 12.1 Å². The van der Waals surface area contributed by atoms with Crippen molar-refractivity contribution in [2.24, 2.45) is 0 Å². The number of carbonyl (C=O) groups excluding carboxylic acids is 1. The van der Waals surface area contributed by atoms with Crippen LogP contribution in [0.2, 0.25) is 0 Å². The van der Waals surface area contributed by atoms with Crippen molar-refractivity contribution >= 4 is 17.3 Å². The van der Waals surface area contributed by atoms with Gasteiger partial charge in [-0.05, 0) is 24.5 Å². The molecule has 0 heterocycles. The number of benzene rings is 1. The van der Waals surface area contributed by atoms with Gasteiger partial charge < -0.3 is 5.32 Å². The van der Waals surface area contributed by atoms with Crippen molar-refractivity contribution in [3.63, 3.8) is 0 Å². The average Bonchev–Trinajstić information content (AvgIpc) is 2.36. The molecule has 0 saturated carbocycles. The topological polar surface area (TPSA) is 72.2 Å². The fourth-order valence-corrected chi connectivity index (χ4v) is 1.91. The third-order valence-electron chi connectivity index (χ3n) is 2.80. The van der Waals surface area contributed by atoms with Crippen LogP contribution < -0.4 is 5.32 Å². The number of anilines is 1. The number of carbonyl (C=O) groups is 1. The number of hydrogen-bond donors (Lipinski definition) is 1. The number of halogens is 3. The largest absolute Gasteiger partial charge is 0.471 e. The van der Waals surface area contributed by atoms with Crippen LogP contribution in [0.4, 0.5) is 24.5 Å². The van der Waals surface area contributed by atoms with Gasteiger partial charge in [0, 0.05) is 5.56 Å². The molecule has 1 amide bonds. The summed E-state index contributed by atoms with van der Waals surface area (Å²) in [5, 5.41) is 12.6. The van der Waals surface area contributed by atoms with E-state index in [1.807, 2.05) is 0 Å². The third-order valence-corrected chi connectivity index (χ3v) is 2.80. The quantitative estimate of drug-likeness (QED) is 0.683. The molecule has 1 aromatic carbocycles. The minimum absolute atomic E-state index is 0.287. The van der Waals surface area contributed by atoms with E-state index in [2.05, 4.69) is 0 Å². The summed E-state index contributed by atoms with van der Waals surface area (Å²) in [5.74, 6) is -2.23. The van der Waals surface area contributed by atoms with E-state index in [1.54, 1.807) is 19.2 Å². The second-order valence-electron chi connectivity index (χ2n) is 4.02. The van der Waals surface area contributed by atoms with Crippen molar-refractivity contribution < 1.29 is 22.9 Å². The lowest BCUT2D eigenvalue weighted by molar-refractivity contribution is -0.384. The minimum atomic E-state index is -5.09. The highest BCUT2D eigenvalue weighted by atomic mass is 19.4. The standard InChI is InChI=1S/C12H13F3N2O3/c1-3-7-5-6-9(16-11(18)12(13,14)15)10(17(19)20)8(7)4-2/h5-6H,3-4H2,1-2H3,(H,16,18). The SMILES string of the molecule is CCc1ccc(NC(=O)C(F)(F)F)c([N+](=O)[O-])c1CC. The Morgan fingerprint density at radius 1 is 1.30 bits per heavy atom. The Kier molecular flexibility index (Phi) is 4.69. The first-order valence-corrected chi connectivity index (χ1v) is 5.89. The number of nitrogens with zero attached hydrogens (tertiary/aromatic N) is 1. The van der Waals surface area contributed by atoms with Gasteiger partial charge in [-0.1, -0.05) is 19.9 Å². The van der Waals surface area contributed by atoms with Crippen LogP contribution in [0.1, 0.15) is 25.0 Å². The van der Waals surface area contributed by atoms with Gasteiger partial charge in [-0.15, -0.1) is 0 Å². The van der Waals surface area contributed by atoms with Crippen molar-refractivity contribution in [1.82, 2.24) is 0 Å². The summed E-state index contributed by atoms with van der Waals surface area (Å²) in [6.45, 7) is 3.45. The molecule has 0 aliphatic rings. The average molecular weight is 290 g/mol. The number of amides is 1. The molecule has 110 valence electrons. The lowest BCUT2D eigenvalue weighted by atomic mass is 9.99. The molecule has 0 aliphatic carbocycles. The molecule has 1 N–H and O–H groups in total. The molecule has 0 fully saturated rings. The van der Waals surface area contributed by atoms with Crippen LogP contribution in [0.5, 0.6) is 0 Å². The number of alkyl halides is 3. The number of aryl methyl sites for hydroxylation is 1. The second-order valence-corrected chi connectivity index (χ2v) is 4.02. The number of nitrogens with one attached hydrogen (secondary N) is 1. The van der Waals surface area contributed by atoms with E-state index < -0.39 is 28.4 Å². The van der Waals surface area contributed by atoms with Gasteiger partial charge in [0.25, 0.3) is 5.69 Å². The summed E-state index contributed by atoms with van der Waals surface area (Å²) in [4.78, 5) is 21.2. The molecule has 0 aliphatic heterocycles. The normalized spacial score (nSPS) is 11.2. The summed E-state index contributed by atoms with van der Waals surface area (Å²) in [5.41, 5.74) is 0.0810. The van der Waals surface area contributed by atoms with E-state index in [9.17, 15) is 28.1 Å². The summed E-state index contributed by atoms with van der Waals surface area (Å²) in [6.07, 6.45) is -4.30. The van der Waals surface area contributed by atoms with Gasteiger partial charge in [-0.25, -0.2) is 0 Å². The highest BCUT2D eigenvalue weighted by Crippen LogP contribution is 2.33. The van der Waals surface area contributed by atoms with Gasteiger partial charge in [-0.3, -0.25) is 14.9 Å². The molecule has 5 nitrogen and oxygen atoms in total. The second kappa shape index (κ2) is 5.89. The molecule has 8 heteroatoms. The predicted molar refractivity (Wildman–Crippen MR) is 66.5 cm³/mol. The van der Waals surface area contributed by atoms with Gasteiger partial charge in [-0.2, -0.15) is 13.2 Å². The number of nitro benzene ring substituents is 1. The zero-order chi connectivity index (χ0) is 15.5. The first-order chi connectivity index (χ1) is 9.22. The number of nitro groups is 1. The Labute approximate surface area is 112 Å². The lowest BCUT2D eigenvalue weighted by Crippen LogP contribution is -2.30. The van der Waals surface area contributed by atoms with E-state index in [1.165, 1.54) is 6.07 Å². The van der Waals surface area contributed by atoms with Crippen LogP contribution in [-0.2, 0) is 17.6 Å². The van der Waals surface area contributed by atoms with Gasteiger partial charge in [0.15, 0.2) is 0 Å².